The van der Waals surface area contributed by atoms with Crippen molar-refractivity contribution in [3.63, 3.8) is 0 Å². The third-order valence-corrected chi connectivity index (χ3v) is 3.16. The lowest BCUT2D eigenvalue weighted by Crippen LogP contribution is -2.38. The van der Waals surface area contributed by atoms with Crippen LogP contribution in [-0.4, -0.2) is 23.5 Å². The average Bonchev–Trinajstić information content (AvgIpc) is 2.60. The fourth-order valence-corrected chi connectivity index (χ4v) is 1.83. The predicted octanol–water partition coefficient (Wildman–Crippen LogP) is 0.622. The molecule has 74 valence electrons. The average molecular weight is 185 g/mol. The maximum Gasteiger partial charge on any atom is 0.305 e. The molecule has 1 rings (SSSR count). The van der Waals surface area contributed by atoms with Crippen molar-refractivity contribution in [1.29, 1.82) is 0 Å². The minimum Gasteiger partial charge on any atom is -0.481 e. The molecule has 0 spiro atoms. The van der Waals surface area contributed by atoms with E-state index in [0.717, 1.165) is 6.42 Å². The van der Waals surface area contributed by atoms with E-state index in [0.29, 0.717) is 12.3 Å². The van der Waals surface area contributed by atoms with Gasteiger partial charge in [-0.05, 0) is 17.8 Å². The van der Waals surface area contributed by atoms with Gasteiger partial charge >= 0.3 is 5.97 Å². The summed E-state index contributed by atoms with van der Waals surface area (Å²) in [5.41, 5.74) is -0.0146. The van der Waals surface area contributed by atoms with E-state index < -0.39 is 5.97 Å². The van der Waals surface area contributed by atoms with Crippen molar-refractivity contribution in [2.75, 3.05) is 0 Å². The molecule has 3 unspecified atom stereocenters. The number of amides is 1. The molecular formula is C9H15NO3. The molecule has 0 aromatic heterocycles. The van der Waals surface area contributed by atoms with Gasteiger partial charge in [0.15, 0.2) is 0 Å². The fraction of sp³-hybridized carbons (Fsp3) is 0.778. The van der Waals surface area contributed by atoms with Gasteiger partial charge in [-0.1, -0.05) is 13.8 Å². The lowest BCUT2D eigenvalue weighted by Gasteiger charge is -2.21. The second-order valence-corrected chi connectivity index (χ2v) is 4.05. The summed E-state index contributed by atoms with van der Waals surface area (Å²) in [4.78, 5) is 20.8. The summed E-state index contributed by atoms with van der Waals surface area (Å²) < 4.78 is 0. The van der Waals surface area contributed by atoms with Crippen molar-refractivity contribution < 1.29 is 14.7 Å². The maximum atomic E-state index is 10.5. The van der Waals surface area contributed by atoms with Gasteiger partial charge in [0.1, 0.15) is 0 Å². The zero-order chi connectivity index (χ0) is 10.1. The number of carboxylic acid groups (broad SMARTS) is 1. The highest BCUT2D eigenvalue weighted by Gasteiger charge is 2.52. The summed E-state index contributed by atoms with van der Waals surface area (Å²) >= 11 is 0. The molecule has 13 heavy (non-hydrogen) atoms. The smallest absolute Gasteiger partial charge is 0.305 e. The van der Waals surface area contributed by atoms with E-state index in [-0.39, 0.29) is 17.9 Å². The van der Waals surface area contributed by atoms with Crippen LogP contribution in [0.25, 0.3) is 0 Å². The first kappa shape index (κ1) is 10.0. The second-order valence-electron chi connectivity index (χ2n) is 4.05. The molecule has 0 radical (unpaired) electrons. The molecule has 0 saturated heterocycles. The van der Waals surface area contributed by atoms with E-state index >= 15 is 0 Å². The zero-order valence-corrected chi connectivity index (χ0v) is 7.91. The molecule has 3 atom stereocenters. The second kappa shape index (κ2) is 3.36. The molecule has 4 nitrogen and oxygen atoms in total. The van der Waals surface area contributed by atoms with Crippen LogP contribution in [0.5, 0.6) is 0 Å². The Kier molecular flexibility index (Phi) is 2.59. The van der Waals surface area contributed by atoms with Crippen LogP contribution in [0.3, 0.4) is 0 Å². The van der Waals surface area contributed by atoms with E-state index in [9.17, 15) is 9.59 Å². The Morgan fingerprint density at radius 3 is 2.69 bits per heavy atom. The molecule has 1 aliphatic carbocycles. The van der Waals surface area contributed by atoms with Crippen molar-refractivity contribution in [2.45, 2.75) is 32.7 Å². The summed E-state index contributed by atoms with van der Waals surface area (Å²) in [6.45, 7) is 4.09. The van der Waals surface area contributed by atoms with Crippen molar-refractivity contribution in [2.24, 2.45) is 11.3 Å². The minimum absolute atomic E-state index is 0.0135. The first-order valence-electron chi connectivity index (χ1n) is 4.42. The van der Waals surface area contributed by atoms with Crippen LogP contribution in [0.4, 0.5) is 0 Å². The van der Waals surface area contributed by atoms with E-state index in [1.807, 2.05) is 6.92 Å². The van der Waals surface area contributed by atoms with E-state index in [1.54, 1.807) is 0 Å². The lowest BCUT2D eigenvalue weighted by molar-refractivity contribution is -0.138. The Bertz CT molecular complexity index is 229. The Morgan fingerprint density at radius 1 is 1.85 bits per heavy atom. The van der Waals surface area contributed by atoms with Crippen LogP contribution in [0.1, 0.15) is 26.7 Å². The van der Waals surface area contributed by atoms with Crippen molar-refractivity contribution in [3.05, 3.63) is 0 Å². The molecule has 1 amide bonds. The zero-order valence-electron chi connectivity index (χ0n) is 7.91. The number of hydrogen-bond donors (Lipinski definition) is 2. The van der Waals surface area contributed by atoms with Crippen molar-refractivity contribution in [3.8, 4) is 0 Å². The number of carbonyl (C=O) groups excluding carboxylic acids is 1. The standard InChI is InChI=1S/C9H15NO3/c1-6-4-9(6,2)7(10-5-11)3-8(12)13/h5-7H,3-4H2,1-2H3,(H,10,11)(H,12,13). The quantitative estimate of drug-likeness (QED) is 0.617. The van der Waals surface area contributed by atoms with Gasteiger partial charge in [0.2, 0.25) is 6.41 Å². The molecule has 1 fully saturated rings. The first-order chi connectivity index (χ1) is 6.00. The number of carboxylic acids is 1. The van der Waals surface area contributed by atoms with Gasteiger partial charge in [0.25, 0.3) is 0 Å². The molecule has 0 bridgehead atoms. The van der Waals surface area contributed by atoms with Gasteiger partial charge in [-0.15, -0.1) is 0 Å². The third-order valence-electron chi connectivity index (χ3n) is 3.16. The Balaban J connectivity index is 2.57. The molecule has 2 N–H and O–H groups in total. The maximum absolute atomic E-state index is 10.5. The van der Waals surface area contributed by atoms with Gasteiger partial charge in [-0.25, -0.2) is 0 Å². The molecule has 4 heteroatoms. The van der Waals surface area contributed by atoms with Crippen LogP contribution in [0, 0.1) is 11.3 Å². The first-order valence-corrected chi connectivity index (χ1v) is 4.42. The van der Waals surface area contributed by atoms with E-state index in [4.69, 9.17) is 5.11 Å². The van der Waals surface area contributed by atoms with Crippen LogP contribution >= 0.6 is 0 Å². The van der Waals surface area contributed by atoms with Crippen LogP contribution in [0.15, 0.2) is 0 Å². The molecule has 0 aliphatic heterocycles. The summed E-state index contributed by atoms with van der Waals surface area (Å²) in [6, 6.07) is -0.225. The lowest BCUT2D eigenvalue weighted by atomic mass is 9.93. The van der Waals surface area contributed by atoms with Gasteiger partial charge in [-0.3, -0.25) is 9.59 Å². The SMILES string of the molecule is CC1CC1(C)C(CC(=O)O)NC=O. The molecule has 0 heterocycles. The van der Waals surface area contributed by atoms with Gasteiger partial charge in [-0.2, -0.15) is 0 Å². The van der Waals surface area contributed by atoms with Crippen LogP contribution in [0.2, 0.25) is 0 Å². The summed E-state index contributed by atoms with van der Waals surface area (Å²) in [7, 11) is 0. The fourth-order valence-electron chi connectivity index (χ4n) is 1.83. The molecular weight excluding hydrogens is 170 g/mol. The number of hydrogen-bond acceptors (Lipinski definition) is 2. The Morgan fingerprint density at radius 2 is 2.38 bits per heavy atom. The molecule has 1 aliphatic rings. The van der Waals surface area contributed by atoms with Gasteiger partial charge in [0, 0.05) is 6.04 Å². The number of carbonyl (C=O) groups is 2. The number of nitrogens with one attached hydrogen (secondary N) is 1. The summed E-state index contributed by atoms with van der Waals surface area (Å²) in [5, 5.41) is 11.2. The van der Waals surface area contributed by atoms with Crippen molar-refractivity contribution in [1.82, 2.24) is 5.32 Å². The minimum atomic E-state index is -0.861. The Hall–Kier alpha value is -1.06. The van der Waals surface area contributed by atoms with Gasteiger partial charge in [0.05, 0.1) is 6.42 Å². The van der Waals surface area contributed by atoms with E-state index in [1.165, 1.54) is 0 Å². The summed E-state index contributed by atoms with van der Waals surface area (Å²) in [5.74, 6) is -0.357. The number of rotatable bonds is 5. The Labute approximate surface area is 77.3 Å². The summed E-state index contributed by atoms with van der Waals surface area (Å²) in [6.07, 6.45) is 1.59. The van der Waals surface area contributed by atoms with Crippen molar-refractivity contribution >= 4 is 12.4 Å². The molecule has 0 aromatic carbocycles. The van der Waals surface area contributed by atoms with Crippen LogP contribution in [-0.2, 0) is 9.59 Å². The predicted molar refractivity (Wildman–Crippen MR) is 47.1 cm³/mol. The highest BCUT2D eigenvalue weighted by atomic mass is 16.4. The molecule has 0 aromatic rings. The topological polar surface area (TPSA) is 66.4 Å². The van der Waals surface area contributed by atoms with E-state index in [2.05, 4.69) is 12.2 Å². The highest BCUT2D eigenvalue weighted by molar-refractivity contribution is 5.68. The monoisotopic (exact) mass is 185 g/mol. The van der Waals surface area contributed by atoms with Crippen LogP contribution < -0.4 is 5.32 Å². The molecule has 1 saturated carbocycles. The normalized spacial score (nSPS) is 33.5. The highest BCUT2D eigenvalue weighted by Crippen LogP contribution is 2.54. The third kappa shape index (κ3) is 1.99. The number of aliphatic carboxylic acids is 1. The largest absolute Gasteiger partial charge is 0.481 e. The van der Waals surface area contributed by atoms with Gasteiger partial charge < -0.3 is 10.4 Å².